The topological polar surface area (TPSA) is 51.9 Å². The Hall–Kier alpha value is -3.27. The van der Waals surface area contributed by atoms with Crippen molar-refractivity contribution >= 4 is 16.7 Å². The van der Waals surface area contributed by atoms with E-state index in [0.29, 0.717) is 0 Å². The highest BCUT2D eigenvalue weighted by atomic mass is 16.1. The first-order valence-corrected chi connectivity index (χ1v) is 8.41. The van der Waals surface area contributed by atoms with Gasteiger partial charge in [0.2, 0.25) is 0 Å². The average molecular weight is 327 g/mol. The first-order chi connectivity index (χ1) is 12.3. The van der Waals surface area contributed by atoms with Crippen molar-refractivity contribution in [3.8, 4) is 0 Å². The molecule has 0 amide bonds. The fourth-order valence-electron chi connectivity index (χ4n) is 3.82. The normalized spacial score (nSPS) is 16.3. The number of H-pyrrole nitrogens is 2. The van der Waals surface area contributed by atoms with Crippen molar-refractivity contribution in [1.82, 2.24) is 9.97 Å². The zero-order chi connectivity index (χ0) is 16.8. The maximum atomic E-state index is 11.6. The van der Waals surface area contributed by atoms with E-state index in [1.54, 1.807) is 0 Å². The van der Waals surface area contributed by atoms with Crippen molar-refractivity contribution in [2.24, 2.45) is 0 Å². The molecule has 2 heterocycles. The van der Waals surface area contributed by atoms with Crippen molar-refractivity contribution in [2.45, 2.75) is 12.6 Å². The summed E-state index contributed by atoms with van der Waals surface area (Å²) >= 11 is 0. The summed E-state index contributed by atoms with van der Waals surface area (Å²) in [5.41, 5.74) is 6.57. The maximum Gasteiger partial charge on any atom is 0.323 e. The molecule has 4 aromatic rings. The molecular weight excluding hydrogens is 310 g/mol. The Labute approximate surface area is 144 Å². The lowest BCUT2D eigenvalue weighted by atomic mass is 9.98. The van der Waals surface area contributed by atoms with Gasteiger partial charge in [0.25, 0.3) is 0 Å². The third-order valence-corrected chi connectivity index (χ3v) is 4.95. The van der Waals surface area contributed by atoms with Crippen molar-refractivity contribution in [3.63, 3.8) is 0 Å². The second-order valence-corrected chi connectivity index (χ2v) is 6.45. The second kappa shape index (κ2) is 5.38. The summed E-state index contributed by atoms with van der Waals surface area (Å²) < 4.78 is 0. The molecule has 25 heavy (non-hydrogen) atoms. The van der Waals surface area contributed by atoms with Gasteiger partial charge in [-0.15, -0.1) is 0 Å². The first-order valence-electron chi connectivity index (χ1n) is 8.41. The number of hydrogen-bond acceptors (Lipinski definition) is 2. The molecule has 0 radical (unpaired) electrons. The van der Waals surface area contributed by atoms with Crippen LogP contribution in [0.3, 0.4) is 0 Å². The van der Waals surface area contributed by atoms with E-state index in [9.17, 15) is 4.79 Å². The quantitative estimate of drug-likeness (QED) is 0.585. The third kappa shape index (κ3) is 2.26. The Kier molecular flexibility index (Phi) is 3.04. The zero-order valence-electron chi connectivity index (χ0n) is 13.6. The van der Waals surface area contributed by atoms with Gasteiger partial charge in [-0.1, -0.05) is 54.6 Å². The van der Waals surface area contributed by atoms with Gasteiger partial charge in [0.05, 0.1) is 17.1 Å². The Bertz CT molecular complexity index is 1110. The van der Waals surface area contributed by atoms with Gasteiger partial charge in [0, 0.05) is 12.2 Å². The second-order valence-electron chi connectivity index (χ2n) is 6.45. The standard InChI is InChI=1S/C21H17N3O/c25-21-22-18-11-10-16(12-19(18)23-21)24-13-15-8-4-5-9-17(15)20(24)14-6-2-1-3-7-14/h1-12,20H,13H2,(H2,22,23,25). The van der Waals surface area contributed by atoms with E-state index >= 15 is 0 Å². The summed E-state index contributed by atoms with van der Waals surface area (Å²) in [5, 5.41) is 0. The Morgan fingerprint density at radius 1 is 0.840 bits per heavy atom. The number of aromatic nitrogens is 2. The number of anilines is 1. The largest absolute Gasteiger partial charge is 0.356 e. The number of nitrogens with one attached hydrogen (secondary N) is 2. The highest BCUT2D eigenvalue weighted by molar-refractivity contribution is 5.79. The number of aromatic amines is 2. The Morgan fingerprint density at radius 3 is 2.48 bits per heavy atom. The number of hydrogen-bond donors (Lipinski definition) is 2. The number of nitrogens with zero attached hydrogens (tertiary/aromatic N) is 1. The lowest BCUT2D eigenvalue weighted by Gasteiger charge is -2.28. The summed E-state index contributed by atoms with van der Waals surface area (Å²) in [6.45, 7) is 0.857. The molecule has 0 saturated heterocycles. The van der Waals surface area contributed by atoms with E-state index < -0.39 is 0 Å². The third-order valence-electron chi connectivity index (χ3n) is 4.95. The molecule has 0 saturated carbocycles. The van der Waals surface area contributed by atoms with Crippen LogP contribution < -0.4 is 10.6 Å². The lowest BCUT2D eigenvalue weighted by Crippen LogP contribution is -2.22. The SMILES string of the molecule is O=c1[nH]c2ccc(N3Cc4ccccc4C3c3ccccc3)cc2[nH]1. The predicted molar refractivity (Wildman–Crippen MR) is 99.8 cm³/mol. The van der Waals surface area contributed by atoms with Gasteiger partial charge in [-0.05, 0) is 34.9 Å². The van der Waals surface area contributed by atoms with Crippen molar-refractivity contribution in [1.29, 1.82) is 0 Å². The van der Waals surface area contributed by atoms with Crippen LogP contribution in [0, 0.1) is 0 Å². The molecule has 0 fully saturated rings. The van der Waals surface area contributed by atoms with Crippen LogP contribution in [0.5, 0.6) is 0 Å². The number of fused-ring (bicyclic) bond motifs is 2. The minimum Gasteiger partial charge on any atom is -0.356 e. The van der Waals surface area contributed by atoms with E-state index in [0.717, 1.165) is 23.3 Å². The number of imidazole rings is 1. The maximum absolute atomic E-state index is 11.6. The van der Waals surface area contributed by atoms with E-state index in [1.807, 2.05) is 12.1 Å². The molecule has 1 aliphatic rings. The summed E-state index contributed by atoms with van der Waals surface area (Å²) in [4.78, 5) is 19.6. The Balaban J connectivity index is 1.67. The molecule has 5 rings (SSSR count). The van der Waals surface area contributed by atoms with Crippen LogP contribution in [0.25, 0.3) is 11.0 Å². The molecule has 0 aliphatic carbocycles. The van der Waals surface area contributed by atoms with Gasteiger partial charge in [0.1, 0.15) is 0 Å². The van der Waals surface area contributed by atoms with Gasteiger partial charge in [-0.2, -0.15) is 0 Å². The average Bonchev–Trinajstić information content (AvgIpc) is 3.21. The molecule has 1 aromatic heterocycles. The van der Waals surface area contributed by atoms with Gasteiger partial charge in [-0.25, -0.2) is 4.79 Å². The monoisotopic (exact) mass is 327 g/mol. The van der Waals surface area contributed by atoms with Crippen LogP contribution in [-0.4, -0.2) is 9.97 Å². The molecule has 4 nitrogen and oxygen atoms in total. The fraction of sp³-hybridized carbons (Fsp3) is 0.0952. The van der Waals surface area contributed by atoms with Gasteiger partial charge < -0.3 is 14.9 Å². The van der Waals surface area contributed by atoms with Crippen LogP contribution in [0.1, 0.15) is 22.7 Å². The molecule has 122 valence electrons. The highest BCUT2D eigenvalue weighted by Gasteiger charge is 2.31. The number of benzene rings is 3. The zero-order valence-corrected chi connectivity index (χ0v) is 13.6. The van der Waals surface area contributed by atoms with E-state index in [4.69, 9.17) is 0 Å². The highest BCUT2D eigenvalue weighted by Crippen LogP contribution is 2.41. The van der Waals surface area contributed by atoms with E-state index in [-0.39, 0.29) is 11.7 Å². The molecule has 1 unspecified atom stereocenters. The number of rotatable bonds is 2. The minimum absolute atomic E-state index is 0.170. The van der Waals surface area contributed by atoms with Gasteiger partial charge in [0.15, 0.2) is 0 Å². The van der Waals surface area contributed by atoms with Gasteiger partial charge >= 0.3 is 5.69 Å². The molecular formula is C21H17N3O. The van der Waals surface area contributed by atoms with Crippen LogP contribution in [0.2, 0.25) is 0 Å². The summed E-state index contributed by atoms with van der Waals surface area (Å²) in [5.74, 6) is 0. The molecule has 1 aliphatic heterocycles. The Morgan fingerprint density at radius 2 is 1.60 bits per heavy atom. The molecule has 0 bridgehead atoms. The van der Waals surface area contributed by atoms with Crippen LogP contribution in [0.15, 0.2) is 77.6 Å². The molecule has 4 heteroatoms. The lowest BCUT2D eigenvalue weighted by molar-refractivity contribution is 0.771. The van der Waals surface area contributed by atoms with Crippen molar-refractivity contribution in [2.75, 3.05) is 4.90 Å². The van der Waals surface area contributed by atoms with Crippen LogP contribution in [-0.2, 0) is 6.54 Å². The van der Waals surface area contributed by atoms with Crippen molar-refractivity contribution < 1.29 is 0 Å². The molecule has 1 atom stereocenters. The van der Waals surface area contributed by atoms with E-state index in [1.165, 1.54) is 16.7 Å². The summed E-state index contributed by atoms with van der Waals surface area (Å²) in [6.07, 6.45) is 0. The molecule has 2 N–H and O–H groups in total. The van der Waals surface area contributed by atoms with Crippen LogP contribution >= 0.6 is 0 Å². The van der Waals surface area contributed by atoms with Crippen molar-refractivity contribution in [3.05, 3.63) is 100.0 Å². The minimum atomic E-state index is -0.170. The summed E-state index contributed by atoms with van der Waals surface area (Å²) in [6, 6.07) is 25.5. The molecule has 3 aromatic carbocycles. The molecule has 0 spiro atoms. The first kappa shape index (κ1) is 14.1. The fourth-order valence-corrected chi connectivity index (χ4v) is 3.82. The van der Waals surface area contributed by atoms with Crippen LogP contribution in [0.4, 0.5) is 5.69 Å². The smallest absolute Gasteiger partial charge is 0.323 e. The summed E-state index contributed by atoms with van der Waals surface area (Å²) in [7, 11) is 0. The predicted octanol–water partition coefficient (Wildman–Crippen LogP) is 3.97. The van der Waals surface area contributed by atoms with E-state index in [2.05, 4.69) is 75.5 Å². The van der Waals surface area contributed by atoms with Gasteiger partial charge in [-0.3, -0.25) is 0 Å².